The second-order valence-corrected chi connectivity index (χ2v) is 3.62. The van der Waals surface area contributed by atoms with Crippen molar-refractivity contribution in [3.63, 3.8) is 0 Å². The molecule has 0 aromatic heterocycles. The highest BCUT2D eigenvalue weighted by atomic mass is 16.6. The SMILES string of the molecule is COC(=O)c1ccccc1COC1COC1. The summed E-state index contributed by atoms with van der Waals surface area (Å²) in [6.45, 7) is 1.69. The van der Waals surface area contributed by atoms with Crippen molar-refractivity contribution in [2.75, 3.05) is 20.3 Å². The Hall–Kier alpha value is -1.39. The lowest BCUT2D eigenvalue weighted by molar-refractivity contribution is -0.135. The summed E-state index contributed by atoms with van der Waals surface area (Å²) in [5.41, 5.74) is 1.41. The highest BCUT2D eigenvalue weighted by Crippen LogP contribution is 2.14. The molecule has 1 fully saturated rings. The molecule has 0 N–H and O–H groups in total. The van der Waals surface area contributed by atoms with Crippen molar-refractivity contribution in [1.29, 1.82) is 0 Å². The zero-order valence-corrected chi connectivity index (χ0v) is 9.14. The Morgan fingerprint density at radius 1 is 1.44 bits per heavy atom. The van der Waals surface area contributed by atoms with Gasteiger partial charge in [0.25, 0.3) is 0 Å². The molecule has 0 atom stereocenters. The van der Waals surface area contributed by atoms with E-state index in [-0.39, 0.29) is 12.1 Å². The van der Waals surface area contributed by atoms with Crippen LogP contribution in [-0.2, 0) is 20.8 Å². The molecule has 1 saturated heterocycles. The molecule has 0 saturated carbocycles. The van der Waals surface area contributed by atoms with Gasteiger partial charge in [-0.1, -0.05) is 18.2 Å². The van der Waals surface area contributed by atoms with Crippen LogP contribution in [0.5, 0.6) is 0 Å². The normalized spacial score (nSPS) is 15.6. The summed E-state index contributed by atoms with van der Waals surface area (Å²) >= 11 is 0. The molecule has 2 rings (SSSR count). The predicted octanol–water partition coefficient (Wildman–Crippen LogP) is 1.39. The lowest BCUT2D eigenvalue weighted by Gasteiger charge is -2.26. The van der Waals surface area contributed by atoms with Crippen molar-refractivity contribution in [2.45, 2.75) is 12.7 Å². The van der Waals surface area contributed by atoms with Crippen LogP contribution in [0.15, 0.2) is 24.3 Å². The van der Waals surface area contributed by atoms with E-state index in [9.17, 15) is 4.79 Å². The maximum absolute atomic E-state index is 11.5. The summed E-state index contributed by atoms with van der Waals surface area (Å²) < 4.78 is 15.3. The number of esters is 1. The molecular formula is C12H14O4. The maximum atomic E-state index is 11.5. The van der Waals surface area contributed by atoms with Crippen LogP contribution in [0.3, 0.4) is 0 Å². The van der Waals surface area contributed by atoms with Crippen LogP contribution in [0.4, 0.5) is 0 Å². The Bertz CT molecular complexity index is 371. The summed E-state index contributed by atoms with van der Waals surface area (Å²) in [5.74, 6) is -0.330. The van der Waals surface area contributed by atoms with Gasteiger partial charge in [-0.2, -0.15) is 0 Å². The molecule has 4 heteroatoms. The second kappa shape index (κ2) is 5.09. The molecule has 4 nitrogen and oxygen atoms in total. The minimum absolute atomic E-state index is 0.158. The van der Waals surface area contributed by atoms with Crippen LogP contribution in [0.2, 0.25) is 0 Å². The van der Waals surface area contributed by atoms with E-state index in [1.54, 1.807) is 6.07 Å². The van der Waals surface area contributed by atoms with Crippen molar-refractivity contribution < 1.29 is 19.0 Å². The Labute approximate surface area is 94.1 Å². The van der Waals surface area contributed by atoms with Crippen molar-refractivity contribution in [3.8, 4) is 0 Å². The standard InChI is InChI=1S/C12H14O4/c1-14-12(13)11-5-3-2-4-9(11)6-16-10-7-15-8-10/h2-5,10H,6-8H2,1H3. The summed E-state index contributed by atoms with van der Waals surface area (Å²) in [6, 6.07) is 7.29. The molecule has 0 spiro atoms. The van der Waals surface area contributed by atoms with Gasteiger partial charge in [-0.05, 0) is 11.6 Å². The summed E-state index contributed by atoms with van der Waals surface area (Å²) in [4.78, 5) is 11.5. The Kier molecular flexibility index (Phi) is 3.54. The van der Waals surface area contributed by atoms with Crippen molar-refractivity contribution >= 4 is 5.97 Å². The molecule has 1 aromatic rings. The Morgan fingerprint density at radius 3 is 2.81 bits per heavy atom. The largest absolute Gasteiger partial charge is 0.465 e. The quantitative estimate of drug-likeness (QED) is 0.722. The first-order valence-corrected chi connectivity index (χ1v) is 5.17. The molecule has 0 radical (unpaired) electrons. The highest BCUT2D eigenvalue weighted by molar-refractivity contribution is 5.90. The topological polar surface area (TPSA) is 44.8 Å². The van der Waals surface area contributed by atoms with Gasteiger partial charge < -0.3 is 14.2 Å². The van der Waals surface area contributed by atoms with Gasteiger partial charge in [0.2, 0.25) is 0 Å². The van der Waals surface area contributed by atoms with Crippen LogP contribution >= 0.6 is 0 Å². The third kappa shape index (κ3) is 2.40. The molecule has 0 bridgehead atoms. The van der Waals surface area contributed by atoms with E-state index in [0.717, 1.165) is 5.56 Å². The zero-order valence-electron chi connectivity index (χ0n) is 9.14. The van der Waals surface area contributed by atoms with Crippen molar-refractivity contribution in [1.82, 2.24) is 0 Å². The molecule has 0 aliphatic carbocycles. The number of benzene rings is 1. The van der Waals surface area contributed by atoms with Gasteiger partial charge in [0.15, 0.2) is 0 Å². The molecule has 16 heavy (non-hydrogen) atoms. The number of carbonyl (C=O) groups excluding carboxylic acids is 1. The number of hydrogen-bond donors (Lipinski definition) is 0. The minimum atomic E-state index is -0.330. The molecule has 0 amide bonds. The van der Waals surface area contributed by atoms with Gasteiger partial charge in [0.05, 0.1) is 32.5 Å². The smallest absolute Gasteiger partial charge is 0.338 e. The maximum Gasteiger partial charge on any atom is 0.338 e. The van der Waals surface area contributed by atoms with Gasteiger partial charge in [-0.15, -0.1) is 0 Å². The highest BCUT2D eigenvalue weighted by Gasteiger charge is 2.20. The average Bonchev–Trinajstić information content (AvgIpc) is 2.26. The molecule has 0 unspecified atom stereocenters. The lowest BCUT2D eigenvalue weighted by atomic mass is 10.1. The lowest BCUT2D eigenvalue weighted by Crippen LogP contribution is -2.35. The third-order valence-corrected chi connectivity index (χ3v) is 2.50. The fourth-order valence-electron chi connectivity index (χ4n) is 1.47. The van der Waals surface area contributed by atoms with Crippen LogP contribution in [0, 0.1) is 0 Å². The van der Waals surface area contributed by atoms with Crippen molar-refractivity contribution in [3.05, 3.63) is 35.4 Å². The van der Waals surface area contributed by atoms with Crippen LogP contribution in [-0.4, -0.2) is 32.4 Å². The molecule has 1 heterocycles. The number of ether oxygens (including phenoxy) is 3. The van der Waals surface area contributed by atoms with E-state index in [2.05, 4.69) is 0 Å². The summed E-state index contributed by atoms with van der Waals surface area (Å²) in [7, 11) is 1.37. The van der Waals surface area contributed by atoms with Crippen LogP contribution in [0.25, 0.3) is 0 Å². The Morgan fingerprint density at radius 2 is 2.19 bits per heavy atom. The van der Waals surface area contributed by atoms with E-state index < -0.39 is 0 Å². The average molecular weight is 222 g/mol. The number of methoxy groups -OCH3 is 1. The first-order chi connectivity index (χ1) is 7.81. The molecule has 1 aliphatic rings. The summed E-state index contributed by atoms with van der Waals surface area (Å²) in [5, 5.41) is 0. The Balaban J connectivity index is 2.03. The number of hydrogen-bond acceptors (Lipinski definition) is 4. The zero-order chi connectivity index (χ0) is 11.4. The first kappa shape index (κ1) is 11.1. The number of rotatable bonds is 4. The molecule has 1 aromatic carbocycles. The fourth-order valence-corrected chi connectivity index (χ4v) is 1.47. The van der Waals surface area contributed by atoms with Gasteiger partial charge in [0, 0.05) is 0 Å². The van der Waals surface area contributed by atoms with Gasteiger partial charge in [-0.3, -0.25) is 0 Å². The van der Waals surface area contributed by atoms with E-state index in [1.165, 1.54) is 7.11 Å². The second-order valence-electron chi connectivity index (χ2n) is 3.62. The third-order valence-electron chi connectivity index (χ3n) is 2.50. The first-order valence-electron chi connectivity index (χ1n) is 5.17. The van der Waals surface area contributed by atoms with Gasteiger partial charge in [0.1, 0.15) is 6.10 Å². The van der Waals surface area contributed by atoms with E-state index >= 15 is 0 Å². The minimum Gasteiger partial charge on any atom is -0.465 e. The predicted molar refractivity (Wildman–Crippen MR) is 57.2 cm³/mol. The van der Waals surface area contributed by atoms with Crippen LogP contribution in [0.1, 0.15) is 15.9 Å². The van der Waals surface area contributed by atoms with E-state index in [4.69, 9.17) is 14.2 Å². The number of carbonyl (C=O) groups is 1. The molecular weight excluding hydrogens is 208 g/mol. The molecule has 1 aliphatic heterocycles. The van der Waals surface area contributed by atoms with Gasteiger partial charge in [-0.25, -0.2) is 4.79 Å². The van der Waals surface area contributed by atoms with Crippen molar-refractivity contribution in [2.24, 2.45) is 0 Å². The monoisotopic (exact) mass is 222 g/mol. The van der Waals surface area contributed by atoms with Crippen LogP contribution < -0.4 is 0 Å². The van der Waals surface area contributed by atoms with E-state index in [0.29, 0.717) is 25.4 Å². The summed E-state index contributed by atoms with van der Waals surface area (Å²) in [6.07, 6.45) is 0.158. The van der Waals surface area contributed by atoms with Gasteiger partial charge >= 0.3 is 5.97 Å². The molecule has 86 valence electrons. The van der Waals surface area contributed by atoms with E-state index in [1.807, 2.05) is 18.2 Å². The fraction of sp³-hybridized carbons (Fsp3) is 0.417.